The highest BCUT2D eigenvalue weighted by molar-refractivity contribution is 9.10. The number of nitrogens with zero attached hydrogens (tertiary/aromatic N) is 1. The van der Waals surface area contributed by atoms with E-state index in [1.165, 1.54) is 18.2 Å². The van der Waals surface area contributed by atoms with Gasteiger partial charge in [0.15, 0.2) is 0 Å². The number of carboxylic acid groups (broad SMARTS) is 1. The lowest BCUT2D eigenvalue weighted by atomic mass is 10.2. The van der Waals surface area contributed by atoms with Gasteiger partial charge < -0.3 is 9.84 Å². The molecule has 0 amide bonds. The standard InChI is InChI=1S/C19H13BrN2O7S/c20-12-2-1-3-14(10-12)29-15-6-9-18(17(11-15)19(23)24)21-30(27,28)16-7-4-13(5-8-16)22(25)26/h1-11,21H,(H,23,24). The van der Waals surface area contributed by atoms with E-state index < -0.39 is 20.9 Å². The quantitative estimate of drug-likeness (QED) is 0.361. The number of halogens is 1. The van der Waals surface area contributed by atoms with Crippen LogP contribution in [0.3, 0.4) is 0 Å². The average molecular weight is 493 g/mol. The van der Waals surface area contributed by atoms with Crippen molar-refractivity contribution in [1.82, 2.24) is 0 Å². The van der Waals surface area contributed by atoms with Crippen LogP contribution in [0.25, 0.3) is 0 Å². The summed E-state index contributed by atoms with van der Waals surface area (Å²) in [6.07, 6.45) is 0. The maximum absolute atomic E-state index is 12.6. The lowest BCUT2D eigenvalue weighted by Crippen LogP contribution is -2.15. The molecule has 0 fully saturated rings. The van der Waals surface area contributed by atoms with Crippen LogP contribution in [0.5, 0.6) is 11.5 Å². The molecule has 0 bridgehead atoms. The van der Waals surface area contributed by atoms with Gasteiger partial charge in [-0.2, -0.15) is 0 Å². The maximum Gasteiger partial charge on any atom is 0.337 e. The lowest BCUT2D eigenvalue weighted by Gasteiger charge is -2.13. The molecule has 0 unspecified atom stereocenters. The van der Waals surface area contributed by atoms with Gasteiger partial charge in [-0.3, -0.25) is 14.8 Å². The third kappa shape index (κ3) is 4.93. The van der Waals surface area contributed by atoms with Crippen LogP contribution in [-0.2, 0) is 10.0 Å². The molecule has 0 saturated carbocycles. The highest BCUT2D eigenvalue weighted by Crippen LogP contribution is 2.29. The number of ether oxygens (including phenoxy) is 1. The smallest absolute Gasteiger partial charge is 0.337 e. The van der Waals surface area contributed by atoms with Gasteiger partial charge in [-0.1, -0.05) is 22.0 Å². The van der Waals surface area contributed by atoms with Crippen molar-refractivity contribution < 1.29 is 28.0 Å². The zero-order valence-electron chi connectivity index (χ0n) is 15.0. The van der Waals surface area contributed by atoms with Crippen molar-refractivity contribution in [1.29, 1.82) is 0 Å². The summed E-state index contributed by atoms with van der Waals surface area (Å²) in [6, 6.07) is 15.0. The van der Waals surface area contributed by atoms with E-state index in [9.17, 15) is 28.4 Å². The van der Waals surface area contributed by atoms with Crippen LogP contribution >= 0.6 is 15.9 Å². The number of carboxylic acids is 1. The summed E-state index contributed by atoms with van der Waals surface area (Å²) in [5.41, 5.74) is -0.773. The van der Waals surface area contributed by atoms with Crippen molar-refractivity contribution in [2.24, 2.45) is 0 Å². The first kappa shape index (κ1) is 21.3. The summed E-state index contributed by atoms with van der Waals surface area (Å²) in [6.45, 7) is 0. The summed E-state index contributed by atoms with van der Waals surface area (Å²) in [5, 5.41) is 20.2. The Morgan fingerprint density at radius 1 is 1.03 bits per heavy atom. The topological polar surface area (TPSA) is 136 Å². The van der Waals surface area contributed by atoms with Crippen LogP contribution in [0.1, 0.15) is 10.4 Å². The fraction of sp³-hybridized carbons (Fsp3) is 0. The second-order valence-electron chi connectivity index (χ2n) is 5.93. The molecule has 9 nitrogen and oxygen atoms in total. The largest absolute Gasteiger partial charge is 0.478 e. The molecular weight excluding hydrogens is 480 g/mol. The molecule has 0 saturated heterocycles. The normalized spacial score (nSPS) is 11.0. The number of nitrogens with one attached hydrogen (secondary N) is 1. The van der Waals surface area contributed by atoms with Gasteiger partial charge in [0.05, 0.1) is 21.1 Å². The molecule has 154 valence electrons. The average Bonchev–Trinajstić information content (AvgIpc) is 2.69. The van der Waals surface area contributed by atoms with Gasteiger partial charge in [-0.05, 0) is 48.5 Å². The van der Waals surface area contributed by atoms with Gasteiger partial charge in [-0.25, -0.2) is 13.2 Å². The number of sulfonamides is 1. The van der Waals surface area contributed by atoms with Crippen molar-refractivity contribution >= 4 is 43.3 Å². The highest BCUT2D eigenvalue weighted by atomic mass is 79.9. The predicted octanol–water partition coefficient (Wildman–Crippen LogP) is 4.65. The number of nitro benzene ring substituents is 1. The van der Waals surface area contributed by atoms with E-state index in [1.807, 2.05) is 0 Å². The predicted molar refractivity (Wildman–Crippen MR) is 112 cm³/mol. The SMILES string of the molecule is O=C(O)c1cc(Oc2cccc(Br)c2)ccc1NS(=O)(=O)c1ccc([N+](=O)[O-])cc1. The van der Waals surface area contributed by atoms with Crippen LogP contribution in [0.2, 0.25) is 0 Å². The summed E-state index contributed by atoms with van der Waals surface area (Å²) in [4.78, 5) is 21.5. The van der Waals surface area contributed by atoms with Gasteiger partial charge in [0.1, 0.15) is 11.5 Å². The Bertz CT molecular complexity index is 1230. The van der Waals surface area contributed by atoms with Crippen molar-refractivity contribution in [3.8, 4) is 11.5 Å². The molecular formula is C19H13BrN2O7S. The number of rotatable bonds is 7. The number of non-ortho nitro benzene ring substituents is 1. The van der Waals surface area contributed by atoms with Crippen molar-refractivity contribution in [2.45, 2.75) is 4.90 Å². The molecule has 3 aromatic rings. The monoisotopic (exact) mass is 492 g/mol. The first-order valence-corrected chi connectivity index (χ1v) is 10.5. The van der Waals surface area contributed by atoms with E-state index in [-0.39, 0.29) is 27.6 Å². The second-order valence-corrected chi connectivity index (χ2v) is 8.53. The minimum absolute atomic E-state index is 0.178. The van der Waals surface area contributed by atoms with E-state index in [0.29, 0.717) is 5.75 Å². The minimum atomic E-state index is -4.17. The van der Waals surface area contributed by atoms with E-state index in [0.717, 1.165) is 28.7 Å². The maximum atomic E-state index is 12.6. The zero-order chi connectivity index (χ0) is 21.9. The number of nitro groups is 1. The molecule has 0 atom stereocenters. The third-order valence-corrected chi connectivity index (χ3v) is 5.73. The number of carbonyl (C=O) groups is 1. The Kier molecular flexibility index (Phi) is 6.04. The number of benzene rings is 3. The first-order chi connectivity index (χ1) is 14.2. The number of hydrogen-bond donors (Lipinski definition) is 2. The lowest BCUT2D eigenvalue weighted by molar-refractivity contribution is -0.384. The molecule has 0 aromatic heterocycles. The van der Waals surface area contributed by atoms with E-state index >= 15 is 0 Å². The summed E-state index contributed by atoms with van der Waals surface area (Å²) >= 11 is 3.30. The number of anilines is 1. The minimum Gasteiger partial charge on any atom is -0.478 e. The van der Waals surface area contributed by atoms with Crippen LogP contribution in [0.4, 0.5) is 11.4 Å². The molecule has 30 heavy (non-hydrogen) atoms. The van der Waals surface area contributed by atoms with Gasteiger partial charge in [-0.15, -0.1) is 0 Å². The van der Waals surface area contributed by atoms with Gasteiger partial charge in [0, 0.05) is 16.6 Å². The van der Waals surface area contributed by atoms with Gasteiger partial charge in [0.2, 0.25) is 0 Å². The molecule has 3 rings (SSSR count). The van der Waals surface area contributed by atoms with Crippen molar-refractivity contribution in [3.63, 3.8) is 0 Å². The number of aromatic carboxylic acids is 1. The Morgan fingerprint density at radius 2 is 1.70 bits per heavy atom. The van der Waals surface area contributed by atoms with Crippen LogP contribution in [0, 0.1) is 10.1 Å². The third-order valence-electron chi connectivity index (χ3n) is 3.86. The molecule has 0 spiro atoms. The molecule has 2 N–H and O–H groups in total. The van der Waals surface area contributed by atoms with Crippen molar-refractivity contribution in [2.75, 3.05) is 4.72 Å². The second kappa shape index (κ2) is 8.51. The Labute approximate surface area is 179 Å². The first-order valence-electron chi connectivity index (χ1n) is 8.24. The van der Waals surface area contributed by atoms with Gasteiger partial charge >= 0.3 is 5.97 Å². The van der Waals surface area contributed by atoms with E-state index in [1.54, 1.807) is 24.3 Å². The van der Waals surface area contributed by atoms with Crippen LogP contribution in [0.15, 0.2) is 76.1 Å². The Morgan fingerprint density at radius 3 is 2.30 bits per heavy atom. The van der Waals surface area contributed by atoms with Crippen LogP contribution < -0.4 is 9.46 Å². The fourth-order valence-electron chi connectivity index (χ4n) is 2.47. The molecule has 0 aliphatic carbocycles. The molecule has 11 heteroatoms. The molecule has 0 aliphatic heterocycles. The van der Waals surface area contributed by atoms with Crippen molar-refractivity contribution in [3.05, 3.63) is 86.9 Å². The fourth-order valence-corrected chi connectivity index (χ4v) is 3.93. The zero-order valence-corrected chi connectivity index (χ0v) is 17.4. The van der Waals surface area contributed by atoms with Gasteiger partial charge in [0.25, 0.3) is 15.7 Å². The summed E-state index contributed by atoms with van der Waals surface area (Å²) in [5.74, 6) is -0.709. The van der Waals surface area contributed by atoms with Crippen LogP contribution in [-0.4, -0.2) is 24.4 Å². The molecule has 3 aromatic carbocycles. The summed E-state index contributed by atoms with van der Waals surface area (Å²) < 4.78 is 33.7. The number of hydrogen-bond acceptors (Lipinski definition) is 6. The molecule has 0 radical (unpaired) electrons. The Hall–Kier alpha value is -3.44. The van der Waals surface area contributed by atoms with E-state index in [4.69, 9.17) is 4.74 Å². The highest BCUT2D eigenvalue weighted by Gasteiger charge is 2.20. The molecule has 0 heterocycles. The molecule has 0 aliphatic rings. The Balaban J connectivity index is 1.89. The summed E-state index contributed by atoms with van der Waals surface area (Å²) in [7, 11) is -4.17. The van der Waals surface area contributed by atoms with E-state index in [2.05, 4.69) is 20.7 Å².